The summed E-state index contributed by atoms with van der Waals surface area (Å²) < 4.78 is 11.9. The third-order valence-corrected chi connectivity index (χ3v) is 5.37. The molecule has 6 heteroatoms. The summed E-state index contributed by atoms with van der Waals surface area (Å²) in [6.45, 7) is 2.99. The Balaban J connectivity index is 1.60. The summed E-state index contributed by atoms with van der Waals surface area (Å²) in [6, 6.07) is 19.5. The van der Waals surface area contributed by atoms with Crippen LogP contribution in [0.1, 0.15) is 24.5 Å². The second-order valence-electron chi connectivity index (χ2n) is 7.48. The number of hydrogen-bond acceptors (Lipinski definition) is 4. The lowest BCUT2D eigenvalue weighted by atomic mass is 10.0. The van der Waals surface area contributed by atoms with Gasteiger partial charge in [-0.3, -0.25) is 9.59 Å². The Morgan fingerprint density at radius 3 is 2.31 bits per heavy atom. The van der Waals surface area contributed by atoms with Gasteiger partial charge in [0.25, 0.3) is 11.8 Å². The second-order valence-corrected chi connectivity index (χ2v) is 7.48. The van der Waals surface area contributed by atoms with Crippen molar-refractivity contribution in [3.05, 3.63) is 71.8 Å². The van der Waals surface area contributed by atoms with Gasteiger partial charge < -0.3 is 19.7 Å². The normalized spacial score (nSPS) is 25.8. The number of carbonyl (C=O) groups excluding carboxylic acids is 2. The fraction of sp³-hybridized carbons (Fsp3) is 0.391. The molecule has 2 fully saturated rings. The molecule has 152 valence electrons. The Bertz CT molecular complexity index is 842. The van der Waals surface area contributed by atoms with E-state index in [-0.39, 0.29) is 17.9 Å². The van der Waals surface area contributed by atoms with Gasteiger partial charge in [0.2, 0.25) is 0 Å². The van der Waals surface area contributed by atoms with E-state index in [1.807, 2.05) is 72.5 Å². The number of amides is 2. The van der Waals surface area contributed by atoms with E-state index >= 15 is 0 Å². The fourth-order valence-corrected chi connectivity index (χ4v) is 3.89. The van der Waals surface area contributed by atoms with Gasteiger partial charge in [-0.15, -0.1) is 0 Å². The van der Waals surface area contributed by atoms with E-state index in [0.717, 1.165) is 17.5 Å². The van der Waals surface area contributed by atoms with Gasteiger partial charge in [-0.2, -0.15) is 0 Å². The molecule has 1 N–H and O–H groups in total. The van der Waals surface area contributed by atoms with E-state index in [0.29, 0.717) is 19.5 Å². The highest BCUT2D eigenvalue weighted by Gasteiger charge is 2.55. The molecular formula is C23H26N2O4. The van der Waals surface area contributed by atoms with E-state index in [9.17, 15) is 9.59 Å². The zero-order valence-corrected chi connectivity index (χ0v) is 16.5. The lowest BCUT2D eigenvalue weighted by Gasteiger charge is -2.38. The largest absolute Gasteiger partial charge is 0.354 e. The number of nitrogens with zero attached hydrogens (tertiary/aromatic N) is 1. The fourth-order valence-electron chi connectivity index (χ4n) is 3.89. The molecule has 2 amide bonds. The predicted molar refractivity (Wildman–Crippen MR) is 108 cm³/mol. The van der Waals surface area contributed by atoms with Crippen LogP contribution in [0.25, 0.3) is 0 Å². The van der Waals surface area contributed by atoms with Crippen LogP contribution in [0.2, 0.25) is 0 Å². The monoisotopic (exact) mass is 394 g/mol. The molecule has 0 aliphatic carbocycles. The first kappa shape index (κ1) is 19.6. The van der Waals surface area contributed by atoms with E-state index < -0.39 is 18.5 Å². The molecule has 0 spiro atoms. The molecular weight excluding hydrogens is 368 g/mol. The van der Waals surface area contributed by atoms with Crippen molar-refractivity contribution in [2.24, 2.45) is 0 Å². The van der Waals surface area contributed by atoms with Crippen LogP contribution in [0.3, 0.4) is 0 Å². The molecule has 2 aromatic carbocycles. The minimum Gasteiger partial charge on any atom is -0.354 e. The maximum absolute atomic E-state index is 13.3. The Kier molecular flexibility index (Phi) is 5.92. The third-order valence-electron chi connectivity index (χ3n) is 5.37. The first-order valence-corrected chi connectivity index (χ1v) is 10.1. The average Bonchev–Trinajstić information content (AvgIpc) is 3.16. The standard InChI is InChI=1S/C23H26N2O4/c1-2-13-24-21(26)19-20-22(27)25(15-17-11-7-4-8-12-17)18(23(28-19)29-20)14-16-9-5-3-6-10-16/h3-12,18-20,23H,2,13-15H2,1H3,(H,24,26)/t18-,19+,20+,23+/m0/s1. The third kappa shape index (κ3) is 4.18. The number of nitrogens with one attached hydrogen (secondary N) is 1. The molecule has 2 aliphatic rings. The number of ether oxygens (including phenoxy) is 2. The van der Waals surface area contributed by atoms with Crippen LogP contribution in [0, 0.1) is 0 Å². The summed E-state index contributed by atoms with van der Waals surface area (Å²) in [5, 5.41) is 2.82. The van der Waals surface area contributed by atoms with Gasteiger partial charge >= 0.3 is 0 Å². The average molecular weight is 394 g/mol. The van der Waals surface area contributed by atoms with Crippen molar-refractivity contribution in [2.45, 2.75) is 50.8 Å². The molecule has 2 aromatic rings. The molecule has 0 unspecified atom stereocenters. The maximum Gasteiger partial charge on any atom is 0.255 e. The first-order valence-electron chi connectivity index (χ1n) is 10.1. The highest BCUT2D eigenvalue weighted by atomic mass is 16.7. The highest BCUT2D eigenvalue weighted by Crippen LogP contribution is 2.34. The molecule has 2 heterocycles. The van der Waals surface area contributed by atoms with Gasteiger partial charge in [-0.05, 0) is 24.0 Å². The van der Waals surface area contributed by atoms with Crippen molar-refractivity contribution in [1.82, 2.24) is 10.2 Å². The molecule has 2 bridgehead atoms. The summed E-state index contributed by atoms with van der Waals surface area (Å²) in [5.74, 6) is -0.479. The minimum absolute atomic E-state index is 0.194. The van der Waals surface area contributed by atoms with Crippen molar-refractivity contribution in [2.75, 3.05) is 6.54 Å². The zero-order chi connectivity index (χ0) is 20.2. The van der Waals surface area contributed by atoms with Crippen molar-refractivity contribution < 1.29 is 19.1 Å². The lowest BCUT2D eigenvalue weighted by molar-refractivity contribution is -0.177. The Labute approximate surface area is 170 Å². The zero-order valence-electron chi connectivity index (χ0n) is 16.5. The van der Waals surface area contributed by atoms with Crippen LogP contribution in [0.15, 0.2) is 60.7 Å². The Hall–Kier alpha value is -2.70. The van der Waals surface area contributed by atoms with Gasteiger partial charge in [-0.1, -0.05) is 67.6 Å². The van der Waals surface area contributed by atoms with Crippen LogP contribution in [-0.2, 0) is 32.0 Å². The number of morpholine rings is 1. The Morgan fingerprint density at radius 1 is 1.00 bits per heavy atom. The molecule has 4 rings (SSSR count). The van der Waals surface area contributed by atoms with Gasteiger partial charge in [0.1, 0.15) is 0 Å². The molecule has 0 radical (unpaired) electrons. The SMILES string of the molecule is CCCNC(=O)[C@@H]1O[C@@H]2O[C@H]1C(=O)N(Cc1ccccc1)[C@H]2Cc1ccccc1. The molecule has 2 aliphatic heterocycles. The Morgan fingerprint density at radius 2 is 1.66 bits per heavy atom. The van der Waals surface area contributed by atoms with Crippen LogP contribution in [0.5, 0.6) is 0 Å². The summed E-state index contributed by atoms with van der Waals surface area (Å²) in [6.07, 6.45) is -1.01. The smallest absolute Gasteiger partial charge is 0.255 e. The number of benzene rings is 2. The number of hydrogen-bond donors (Lipinski definition) is 1. The number of carbonyl (C=O) groups is 2. The number of rotatable bonds is 7. The van der Waals surface area contributed by atoms with Crippen LogP contribution in [-0.4, -0.2) is 47.8 Å². The maximum atomic E-state index is 13.3. The van der Waals surface area contributed by atoms with Gasteiger partial charge in [0.15, 0.2) is 18.5 Å². The number of fused-ring (bicyclic) bond motifs is 2. The van der Waals surface area contributed by atoms with Crippen molar-refractivity contribution >= 4 is 11.8 Å². The van der Waals surface area contributed by atoms with Gasteiger partial charge in [0.05, 0.1) is 6.04 Å². The van der Waals surface area contributed by atoms with E-state index in [4.69, 9.17) is 9.47 Å². The van der Waals surface area contributed by atoms with E-state index in [1.165, 1.54) is 0 Å². The summed E-state index contributed by atoms with van der Waals surface area (Å²) >= 11 is 0. The van der Waals surface area contributed by atoms with Gasteiger partial charge in [0, 0.05) is 13.1 Å². The van der Waals surface area contributed by atoms with Crippen molar-refractivity contribution in [3.8, 4) is 0 Å². The lowest BCUT2D eigenvalue weighted by Crippen LogP contribution is -2.56. The molecule has 6 nitrogen and oxygen atoms in total. The quantitative estimate of drug-likeness (QED) is 0.782. The van der Waals surface area contributed by atoms with Crippen molar-refractivity contribution in [3.63, 3.8) is 0 Å². The second kappa shape index (κ2) is 8.76. The van der Waals surface area contributed by atoms with E-state index in [2.05, 4.69) is 5.32 Å². The molecule has 29 heavy (non-hydrogen) atoms. The van der Waals surface area contributed by atoms with Crippen LogP contribution in [0.4, 0.5) is 0 Å². The topological polar surface area (TPSA) is 67.9 Å². The summed E-state index contributed by atoms with van der Waals surface area (Å²) in [7, 11) is 0. The summed E-state index contributed by atoms with van der Waals surface area (Å²) in [4.78, 5) is 27.7. The summed E-state index contributed by atoms with van der Waals surface area (Å²) in [5.41, 5.74) is 2.13. The minimum atomic E-state index is -0.905. The van der Waals surface area contributed by atoms with Gasteiger partial charge in [-0.25, -0.2) is 0 Å². The molecule has 4 atom stereocenters. The highest BCUT2D eigenvalue weighted by molar-refractivity contribution is 5.92. The molecule has 0 saturated carbocycles. The first-order chi connectivity index (χ1) is 14.2. The molecule has 0 aromatic heterocycles. The predicted octanol–water partition coefficient (Wildman–Crippen LogP) is 2.28. The molecule has 2 saturated heterocycles. The van der Waals surface area contributed by atoms with Crippen molar-refractivity contribution in [1.29, 1.82) is 0 Å². The van der Waals surface area contributed by atoms with E-state index in [1.54, 1.807) is 0 Å². The van der Waals surface area contributed by atoms with Crippen LogP contribution >= 0.6 is 0 Å². The van der Waals surface area contributed by atoms with Crippen LogP contribution < -0.4 is 5.32 Å².